The third kappa shape index (κ3) is 5.88. The Hall–Kier alpha value is -4.38. The molecule has 2 aliphatic heterocycles. The number of hydrogen-bond acceptors (Lipinski definition) is 9. The lowest BCUT2D eigenvalue weighted by Gasteiger charge is -2.43. The first-order valence-electron chi connectivity index (χ1n) is 15.6. The minimum atomic E-state index is -0.242. The number of benzene rings is 2. The molecule has 0 spiro atoms. The lowest BCUT2D eigenvalue weighted by Crippen LogP contribution is -2.55. The number of aromatic nitrogens is 2. The van der Waals surface area contributed by atoms with Crippen molar-refractivity contribution in [3.8, 4) is 5.75 Å². The maximum Gasteiger partial charge on any atom is 0.255 e. The Bertz CT molecular complexity index is 1500. The van der Waals surface area contributed by atoms with E-state index in [9.17, 15) is 9.59 Å². The Morgan fingerprint density at radius 3 is 2.43 bits per heavy atom. The molecule has 1 aliphatic carbocycles. The second kappa shape index (κ2) is 12.7. The summed E-state index contributed by atoms with van der Waals surface area (Å²) >= 11 is 0. The van der Waals surface area contributed by atoms with E-state index < -0.39 is 0 Å². The van der Waals surface area contributed by atoms with Crippen molar-refractivity contribution in [2.45, 2.75) is 51.1 Å². The molecule has 1 saturated carbocycles. The normalized spacial score (nSPS) is 19.2. The van der Waals surface area contributed by atoms with Crippen LogP contribution >= 0.6 is 0 Å². The molecule has 2 fully saturated rings. The van der Waals surface area contributed by atoms with Gasteiger partial charge in [0.2, 0.25) is 11.9 Å². The standard InChI is InChI=1S/C33H42N8O3/c1-5-27-32(43)39(3)28-21-34-33(37-30(28)41(27)25-8-6-7-9-25)36-26-15-10-22(20-29(26)44-4)31(42)35-23-11-13-24(14-12-23)40-18-16-38(2)17-19-40/h10-15,20-21,25,27H,5-9,16-19H2,1-4H3,(H,35,42)(H,34,36,37)/t27-/m1/s1. The number of amides is 2. The predicted octanol–water partition coefficient (Wildman–Crippen LogP) is 4.74. The van der Waals surface area contributed by atoms with Gasteiger partial charge in [-0.2, -0.15) is 4.98 Å². The molecular formula is C33H42N8O3. The van der Waals surface area contributed by atoms with Crippen LogP contribution in [0.3, 0.4) is 0 Å². The first-order valence-corrected chi connectivity index (χ1v) is 15.6. The van der Waals surface area contributed by atoms with Crippen LogP contribution in [0.2, 0.25) is 0 Å². The molecule has 3 heterocycles. The van der Waals surface area contributed by atoms with Gasteiger partial charge in [-0.05, 0) is 68.8 Å². The summed E-state index contributed by atoms with van der Waals surface area (Å²) in [5.74, 6) is 1.53. The maximum atomic E-state index is 13.2. The molecule has 1 saturated heterocycles. The van der Waals surface area contributed by atoms with E-state index in [0.717, 1.165) is 69.1 Å². The largest absolute Gasteiger partial charge is 0.495 e. The zero-order chi connectivity index (χ0) is 30.8. The number of rotatable bonds is 8. The summed E-state index contributed by atoms with van der Waals surface area (Å²) in [6.07, 6.45) is 6.84. The summed E-state index contributed by atoms with van der Waals surface area (Å²) in [4.78, 5) is 44.4. The molecule has 0 radical (unpaired) electrons. The van der Waals surface area contributed by atoms with Crippen LogP contribution in [0.4, 0.5) is 34.5 Å². The molecule has 44 heavy (non-hydrogen) atoms. The average molecular weight is 599 g/mol. The van der Waals surface area contributed by atoms with Crippen LogP contribution in [0.1, 0.15) is 49.4 Å². The van der Waals surface area contributed by atoms with Crippen molar-refractivity contribution in [1.82, 2.24) is 14.9 Å². The molecule has 0 unspecified atom stereocenters. The van der Waals surface area contributed by atoms with Crippen LogP contribution in [0, 0.1) is 0 Å². The predicted molar refractivity (Wildman–Crippen MR) is 175 cm³/mol. The number of ether oxygens (including phenoxy) is 1. The van der Waals surface area contributed by atoms with Crippen molar-refractivity contribution >= 4 is 46.3 Å². The number of likely N-dealkylation sites (N-methyl/N-ethyl adjacent to an activating group) is 2. The molecule has 2 N–H and O–H groups in total. The number of fused-ring (bicyclic) bond motifs is 1. The van der Waals surface area contributed by atoms with Crippen molar-refractivity contribution in [3.05, 3.63) is 54.2 Å². The van der Waals surface area contributed by atoms with E-state index >= 15 is 0 Å². The molecule has 0 bridgehead atoms. The average Bonchev–Trinajstić information content (AvgIpc) is 3.58. The van der Waals surface area contributed by atoms with Crippen LogP contribution in [0.15, 0.2) is 48.7 Å². The molecule has 3 aromatic rings. The highest BCUT2D eigenvalue weighted by atomic mass is 16.5. The monoisotopic (exact) mass is 598 g/mol. The number of hydrogen-bond donors (Lipinski definition) is 2. The molecule has 6 rings (SSSR count). The van der Waals surface area contributed by atoms with Gasteiger partial charge in [0.1, 0.15) is 17.5 Å². The van der Waals surface area contributed by atoms with Gasteiger partial charge in [-0.15, -0.1) is 0 Å². The zero-order valence-electron chi connectivity index (χ0n) is 26.0. The number of carbonyl (C=O) groups is 2. The topological polar surface area (TPSA) is 106 Å². The summed E-state index contributed by atoms with van der Waals surface area (Å²) in [6, 6.07) is 13.3. The molecule has 2 aromatic carbocycles. The Kier molecular flexibility index (Phi) is 8.56. The van der Waals surface area contributed by atoms with Gasteiger partial charge in [0.05, 0.1) is 19.0 Å². The van der Waals surface area contributed by atoms with Gasteiger partial charge < -0.3 is 35.0 Å². The minimum absolute atomic E-state index is 0.0812. The van der Waals surface area contributed by atoms with E-state index in [0.29, 0.717) is 35.1 Å². The minimum Gasteiger partial charge on any atom is -0.495 e. The first-order chi connectivity index (χ1) is 21.4. The van der Waals surface area contributed by atoms with E-state index in [1.807, 2.05) is 12.1 Å². The Morgan fingerprint density at radius 1 is 1.02 bits per heavy atom. The second-order valence-corrected chi connectivity index (χ2v) is 11.9. The van der Waals surface area contributed by atoms with E-state index in [1.165, 1.54) is 0 Å². The molecular weight excluding hydrogens is 556 g/mol. The third-order valence-electron chi connectivity index (χ3n) is 9.12. The quantitative estimate of drug-likeness (QED) is 0.380. The van der Waals surface area contributed by atoms with Gasteiger partial charge in [0, 0.05) is 56.2 Å². The number of nitrogens with one attached hydrogen (secondary N) is 2. The number of nitrogens with zero attached hydrogens (tertiary/aromatic N) is 6. The molecule has 1 aromatic heterocycles. The van der Waals surface area contributed by atoms with Gasteiger partial charge in [0.25, 0.3) is 5.91 Å². The summed E-state index contributed by atoms with van der Waals surface area (Å²) in [5.41, 5.74) is 3.72. The van der Waals surface area contributed by atoms with Crippen molar-refractivity contribution < 1.29 is 14.3 Å². The maximum absolute atomic E-state index is 13.2. The van der Waals surface area contributed by atoms with Gasteiger partial charge in [-0.1, -0.05) is 19.8 Å². The number of methoxy groups -OCH3 is 1. The van der Waals surface area contributed by atoms with Crippen LogP contribution in [0.25, 0.3) is 0 Å². The number of anilines is 6. The fraction of sp³-hybridized carbons (Fsp3) is 0.455. The van der Waals surface area contributed by atoms with Crippen molar-refractivity contribution in [1.29, 1.82) is 0 Å². The highest BCUT2D eigenvalue weighted by molar-refractivity contribution is 6.05. The summed E-state index contributed by atoms with van der Waals surface area (Å²) in [7, 11) is 5.51. The van der Waals surface area contributed by atoms with Gasteiger partial charge >= 0.3 is 0 Å². The summed E-state index contributed by atoms with van der Waals surface area (Å²) < 4.78 is 5.66. The Balaban J connectivity index is 1.18. The summed E-state index contributed by atoms with van der Waals surface area (Å²) in [6.45, 7) is 6.12. The molecule has 11 heteroatoms. The SMILES string of the molecule is CC[C@@H]1C(=O)N(C)c2cnc(Nc3ccc(C(=O)Nc4ccc(N5CCN(C)CC5)cc4)cc3OC)nc2N1C1CCCC1. The fourth-order valence-corrected chi connectivity index (χ4v) is 6.52. The molecule has 1 atom stereocenters. The molecule has 2 amide bonds. The fourth-order valence-electron chi connectivity index (χ4n) is 6.52. The Morgan fingerprint density at radius 2 is 1.75 bits per heavy atom. The van der Waals surface area contributed by atoms with Crippen molar-refractivity contribution in [2.75, 3.05) is 72.7 Å². The lowest BCUT2D eigenvalue weighted by atomic mass is 10.0. The van der Waals surface area contributed by atoms with Crippen LogP contribution < -0.4 is 30.1 Å². The van der Waals surface area contributed by atoms with E-state index in [2.05, 4.69) is 56.4 Å². The molecule has 3 aliphatic rings. The van der Waals surface area contributed by atoms with E-state index in [-0.39, 0.29) is 23.9 Å². The van der Waals surface area contributed by atoms with Crippen LogP contribution in [0.5, 0.6) is 5.75 Å². The highest BCUT2D eigenvalue weighted by Gasteiger charge is 2.41. The van der Waals surface area contributed by atoms with Gasteiger partial charge in [-0.3, -0.25) is 9.59 Å². The highest BCUT2D eigenvalue weighted by Crippen LogP contribution is 2.40. The molecule has 232 valence electrons. The number of carbonyl (C=O) groups excluding carboxylic acids is 2. The van der Waals surface area contributed by atoms with Crippen LogP contribution in [-0.2, 0) is 4.79 Å². The zero-order valence-corrected chi connectivity index (χ0v) is 26.0. The summed E-state index contributed by atoms with van der Waals surface area (Å²) in [5, 5.41) is 6.28. The smallest absolute Gasteiger partial charge is 0.255 e. The first kappa shape index (κ1) is 29.7. The lowest BCUT2D eigenvalue weighted by molar-refractivity contribution is -0.120. The second-order valence-electron chi connectivity index (χ2n) is 11.9. The van der Waals surface area contributed by atoms with Crippen molar-refractivity contribution in [3.63, 3.8) is 0 Å². The Labute approximate surface area is 259 Å². The van der Waals surface area contributed by atoms with E-state index in [1.54, 1.807) is 43.5 Å². The van der Waals surface area contributed by atoms with Gasteiger partial charge in [0.15, 0.2) is 5.82 Å². The van der Waals surface area contributed by atoms with Crippen LogP contribution in [-0.4, -0.2) is 86.2 Å². The molecule has 11 nitrogen and oxygen atoms in total. The van der Waals surface area contributed by atoms with E-state index in [4.69, 9.17) is 9.72 Å². The van der Waals surface area contributed by atoms with Crippen molar-refractivity contribution in [2.24, 2.45) is 0 Å². The van der Waals surface area contributed by atoms with Gasteiger partial charge in [-0.25, -0.2) is 4.98 Å². The number of piperazine rings is 1. The third-order valence-corrected chi connectivity index (χ3v) is 9.12.